The average Bonchev–Trinajstić information content (AvgIpc) is 2.81. The van der Waals surface area contributed by atoms with Crippen LogP contribution in [0, 0.1) is 10.8 Å². The Balaban J connectivity index is 1.56. The third-order valence-corrected chi connectivity index (χ3v) is 7.03. The van der Waals surface area contributed by atoms with E-state index >= 15 is 0 Å². The van der Waals surface area contributed by atoms with E-state index in [1.54, 1.807) is 0 Å². The fourth-order valence-electron chi connectivity index (χ4n) is 5.12. The largest absolute Gasteiger partial charge is 0.354 e. The molecule has 1 heterocycles. The number of amides is 2. The van der Waals surface area contributed by atoms with Gasteiger partial charge < -0.3 is 10.6 Å². The highest BCUT2D eigenvalue weighted by molar-refractivity contribution is 5.90. The van der Waals surface area contributed by atoms with Gasteiger partial charge in [-0.25, -0.2) is 0 Å². The van der Waals surface area contributed by atoms with E-state index in [9.17, 15) is 9.59 Å². The topological polar surface area (TPSA) is 58.2 Å². The van der Waals surface area contributed by atoms with Gasteiger partial charge in [0.15, 0.2) is 0 Å². The smallest absolute Gasteiger partial charge is 0.242 e. The van der Waals surface area contributed by atoms with Gasteiger partial charge in [0.05, 0.1) is 0 Å². The number of nitrogens with one attached hydrogen (secondary N) is 2. The molecule has 4 nitrogen and oxygen atoms in total. The monoisotopic (exact) mass is 334 g/mol. The van der Waals surface area contributed by atoms with Gasteiger partial charge in [0.2, 0.25) is 11.8 Å². The minimum Gasteiger partial charge on any atom is -0.354 e. The van der Waals surface area contributed by atoms with Crippen LogP contribution in [0.5, 0.6) is 0 Å². The highest BCUT2D eigenvalue weighted by Crippen LogP contribution is 2.58. The van der Waals surface area contributed by atoms with Crippen molar-refractivity contribution in [3.8, 4) is 0 Å². The van der Waals surface area contributed by atoms with E-state index in [2.05, 4.69) is 17.6 Å². The van der Waals surface area contributed by atoms with Crippen LogP contribution in [-0.2, 0) is 9.59 Å². The summed E-state index contributed by atoms with van der Waals surface area (Å²) < 4.78 is 0. The van der Waals surface area contributed by atoms with Crippen molar-refractivity contribution in [3.05, 3.63) is 0 Å². The van der Waals surface area contributed by atoms with Gasteiger partial charge in [-0.3, -0.25) is 9.59 Å². The summed E-state index contributed by atoms with van der Waals surface area (Å²) >= 11 is 0. The molecule has 24 heavy (non-hydrogen) atoms. The van der Waals surface area contributed by atoms with Gasteiger partial charge in [0, 0.05) is 12.0 Å². The van der Waals surface area contributed by atoms with Crippen molar-refractivity contribution in [1.82, 2.24) is 10.6 Å². The van der Waals surface area contributed by atoms with Crippen molar-refractivity contribution < 1.29 is 9.59 Å². The summed E-state index contributed by atoms with van der Waals surface area (Å²) in [6.45, 7) is 3.01. The molecule has 3 saturated carbocycles. The van der Waals surface area contributed by atoms with E-state index in [1.165, 1.54) is 44.9 Å². The summed E-state index contributed by atoms with van der Waals surface area (Å²) in [5, 5.41) is 6.03. The molecule has 0 spiro atoms. The van der Waals surface area contributed by atoms with Crippen molar-refractivity contribution in [3.63, 3.8) is 0 Å². The predicted molar refractivity (Wildman–Crippen MR) is 95.5 cm³/mol. The molecule has 2 bridgehead atoms. The quantitative estimate of drug-likeness (QED) is 0.728. The number of rotatable bonds is 6. The Hall–Kier alpha value is -1.06. The minimum absolute atomic E-state index is 0.0118. The standard InChI is InChI=1S/C20H34N2O2/c1-2-3-5-8-19-9-12-20(13-10-19,14-11-19)18(24)22-16-7-4-6-15-21-17(16)23/h16H,2-15H2,1H3,(H,21,23)(H,22,24)/t16-,19?,20?/m0/s1. The molecule has 0 unspecified atom stereocenters. The Morgan fingerprint density at radius 1 is 1.12 bits per heavy atom. The molecule has 4 heteroatoms. The van der Waals surface area contributed by atoms with Crippen LogP contribution < -0.4 is 10.6 Å². The third kappa shape index (κ3) is 3.62. The van der Waals surface area contributed by atoms with E-state index in [0.29, 0.717) is 5.41 Å². The lowest BCUT2D eigenvalue weighted by Crippen LogP contribution is -2.54. The van der Waals surface area contributed by atoms with Crippen LogP contribution in [-0.4, -0.2) is 24.4 Å². The molecule has 136 valence electrons. The van der Waals surface area contributed by atoms with Crippen LogP contribution in [0.25, 0.3) is 0 Å². The van der Waals surface area contributed by atoms with Gasteiger partial charge in [-0.05, 0) is 69.6 Å². The van der Waals surface area contributed by atoms with Crippen molar-refractivity contribution in [2.45, 2.75) is 96.4 Å². The van der Waals surface area contributed by atoms with Gasteiger partial charge in [-0.1, -0.05) is 26.2 Å². The lowest BCUT2D eigenvalue weighted by atomic mass is 9.52. The van der Waals surface area contributed by atoms with E-state index in [4.69, 9.17) is 0 Å². The Bertz CT molecular complexity index is 450. The summed E-state index contributed by atoms with van der Waals surface area (Å²) in [5.41, 5.74) is 0.343. The van der Waals surface area contributed by atoms with Crippen LogP contribution >= 0.6 is 0 Å². The highest BCUT2D eigenvalue weighted by atomic mass is 16.2. The van der Waals surface area contributed by atoms with Crippen LogP contribution in [0.1, 0.15) is 90.4 Å². The molecule has 1 aliphatic heterocycles. The SMILES string of the molecule is CCCCCC12CCC(C(=O)N[C@H]3CCCCNC3=O)(CC1)CC2. The molecule has 0 aromatic rings. The summed E-state index contributed by atoms with van der Waals surface area (Å²) in [5.74, 6) is 0.171. The van der Waals surface area contributed by atoms with Gasteiger partial charge in [0.1, 0.15) is 6.04 Å². The first-order chi connectivity index (χ1) is 11.6. The van der Waals surface area contributed by atoms with Crippen LogP contribution in [0.3, 0.4) is 0 Å². The molecule has 0 aromatic heterocycles. The Labute approximate surface area is 146 Å². The second kappa shape index (κ2) is 7.45. The summed E-state index contributed by atoms with van der Waals surface area (Å²) in [6.07, 6.45) is 14.8. The van der Waals surface area contributed by atoms with E-state index in [0.717, 1.165) is 45.1 Å². The number of fused-ring (bicyclic) bond motifs is 3. The van der Waals surface area contributed by atoms with Crippen molar-refractivity contribution in [2.24, 2.45) is 10.8 Å². The van der Waals surface area contributed by atoms with Crippen molar-refractivity contribution in [2.75, 3.05) is 6.54 Å². The maximum atomic E-state index is 13.0. The Kier molecular flexibility index (Phi) is 5.51. The van der Waals surface area contributed by atoms with E-state index in [1.807, 2.05) is 0 Å². The fraction of sp³-hybridized carbons (Fsp3) is 0.900. The highest BCUT2D eigenvalue weighted by Gasteiger charge is 2.52. The molecule has 4 fully saturated rings. The zero-order chi connectivity index (χ0) is 17.0. The first-order valence-electron chi connectivity index (χ1n) is 10.2. The van der Waals surface area contributed by atoms with Gasteiger partial charge in [-0.15, -0.1) is 0 Å². The second-order valence-corrected chi connectivity index (χ2v) is 8.55. The molecular formula is C20H34N2O2. The molecule has 4 rings (SSSR count). The first-order valence-corrected chi connectivity index (χ1v) is 10.2. The number of hydrogen-bond acceptors (Lipinski definition) is 2. The molecule has 0 radical (unpaired) electrons. The van der Waals surface area contributed by atoms with E-state index < -0.39 is 0 Å². The average molecular weight is 335 g/mol. The van der Waals surface area contributed by atoms with E-state index in [-0.39, 0.29) is 23.3 Å². The maximum absolute atomic E-state index is 13.0. The number of carbonyl (C=O) groups excluding carboxylic acids is 2. The first kappa shape index (κ1) is 17.8. The molecule has 2 amide bonds. The minimum atomic E-state index is -0.312. The second-order valence-electron chi connectivity index (χ2n) is 8.55. The van der Waals surface area contributed by atoms with Crippen LogP contribution in [0.4, 0.5) is 0 Å². The summed E-state index contributed by atoms with van der Waals surface area (Å²) in [6, 6.07) is -0.312. The summed E-state index contributed by atoms with van der Waals surface area (Å²) in [7, 11) is 0. The lowest BCUT2D eigenvalue weighted by Gasteiger charge is -2.53. The van der Waals surface area contributed by atoms with Crippen molar-refractivity contribution in [1.29, 1.82) is 0 Å². The lowest BCUT2D eigenvalue weighted by molar-refractivity contribution is -0.143. The predicted octanol–water partition coefficient (Wildman–Crippen LogP) is 3.69. The molecule has 1 atom stereocenters. The molecular weight excluding hydrogens is 300 g/mol. The maximum Gasteiger partial charge on any atom is 0.242 e. The fourth-order valence-corrected chi connectivity index (χ4v) is 5.12. The number of hydrogen-bond donors (Lipinski definition) is 2. The normalized spacial score (nSPS) is 36.0. The molecule has 3 aliphatic carbocycles. The zero-order valence-electron chi connectivity index (χ0n) is 15.3. The number of carbonyl (C=O) groups is 2. The molecule has 4 aliphatic rings. The summed E-state index contributed by atoms with van der Waals surface area (Å²) in [4.78, 5) is 25.1. The van der Waals surface area contributed by atoms with Crippen LogP contribution in [0.2, 0.25) is 0 Å². The molecule has 0 aromatic carbocycles. The molecule has 1 saturated heterocycles. The van der Waals surface area contributed by atoms with Crippen molar-refractivity contribution >= 4 is 11.8 Å². The van der Waals surface area contributed by atoms with Gasteiger partial charge in [-0.2, -0.15) is 0 Å². The zero-order valence-corrected chi connectivity index (χ0v) is 15.3. The molecule has 2 N–H and O–H groups in total. The van der Waals surface area contributed by atoms with Crippen LogP contribution in [0.15, 0.2) is 0 Å². The Morgan fingerprint density at radius 3 is 2.50 bits per heavy atom. The third-order valence-electron chi connectivity index (χ3n) is 7.03. The number of unbranched alkanes of at least 4 members (excludes halogenated alkanes) is 2. The van der Waals surface area contributed by atoms with Gasteiger partial charge in [0.25, 0.3) is 0 Å². The Morgan fingerprint density at radius 2 is 1.83 bits per heavy atom. The van der Waals surface area contributed by atoms with Gasteiger partial charge >= 0.3 is 0 Å².